The third kappa shape index (κ3) is 12.6. The fourth-order valence-electron chi connectivity index (χ4n) is 8.97. The van der Waals surface area contributed by atoms with Gasteiger partial charge in [0.05, 0.1) is 24.2 Å². The molecule has 2 aliphatic carbocycles. The van der Waals surface area contributed by atoms with Gasteiger partial charge in [-0.2, -0.15) is 0 Å². The van der Waals surface area contributed by atoms with Crippen molar-refractivity contribution in [3.05, 3.63) is 116 Å². The molecule has 8 heteroatoms. The van der Waals surface area contributed by atoms with E-state index < -0.39 is 0 Å². The third-order valence-electron chi connectivity index (χ3n) is 13.2. The number of aliphatic imine (C=N–C) groups is 4. The van der Waals surface area contributed by atoms with Gasteiger partial charge in [-0.15, -0.1) is 0 Å². The number of rotatable bonds is 10. The summed E-state index contributed by atoms with van der Waals surface area (Å²) in [6, 6.07) is 19.5. The van der Waals surface area contributed by atoms with Gasteiger partial charge < -0.3 is 20.4 Å². The Kier molecular flexibility index (Phi) is 14.9. The second kappa shape index (κ2) is 19.7. The lowest BCUT2D eigenvalue weighted by Gasteiger charge is -2.27. The zero-order valence-electron chi connectivity index (χ0n) is 41.3. The molecule has 0 unspecified atom stereocenters. The minimum absolute atomic E-state index is 0.0329. The van der Waals surface area contributed by atoms with Gasteiger partial charge in [0.15, 0.2) is 0 Å². The van der Waals surface area contributed by atoms with Crippen molar-refractivity contribution in [1.82, 2.24) is 0 Å². The maximum absolute atomic E-state index is 11.4. The van der Waals surface area contributed by atoms with Crippen LogP contribution in [0.25, 0.3) is 0 Å². The zero-order valence-corrected chi connectivity index (χ0v) is 41.3. The number of phenols is 4. The fourth-order valence-corrected chi connectivity index (χ4v) is 8.97. The maximum atomic E-state index is 11.4. The largest absolute Gasteiger partial charge is 0.507 e. The topological polar surface area (TPSA) is 130 Å². The van der Waals surface area contributed by atoms with Gasteiger partial charge in [0.2, 0.25) is 0 Å². The molecule has 6 rings (SSSR count). The van der Waals surface area contributed by atoms with Crippen molar-refractivity contribution in [2.45, 2.75) is 187 Å². The van der Waals surface area contributed by atoms with Crippen LogP contribution < -0.4 is 0 Å². The van der Waals surface area contributed by atoms with Crippen molar-refractivity contribution in [3.8, 4) is 23.0 Å². The molecule has 0 aromatic heterocycles. The third-order valence-corrected chi connectivity index (χ3v) is 13.2. The summed E-state index contributed by atoms with van der Waals surface area (Å²) in [6.45, 7) is 25.9. The standard InChI is InChI=1S/C57H76N4O4/c1-54(2,3)42-28-40(52(64)44(30-42)56(7,8)9)34-60-48-19-15-13-17-46(48)58-32-38-26-36(21-23-50(38)62)25-37-22-24-51(63)39(27-37)33-59-47-18-14-16-20-49(47)61-35-41-29-43(55(4,5)6)31-45(53(41)65)57(10,11)12/h21-24,26-35,46-49,62-65H,13-20,25H2,1-12H3/t46-,47-,48-,49-/m1/s1. The van der Waals surface area contributed by atoms with E-state index in [-0.39, 0.29) is 68.8 Å². The molecule has 4 N–H and O–H groups in total. The summed E-state index contributed by atoms with van der Waals surface area (Å²) in [5.41, 5.74) is 8.36. The molecule has 0 heterocycles. The monoisotopic (exact) mass is 881 g/mol. The molecule has 0 saturated heterocycles. The van der Waals surface area contributed by atoms with Crippen LogP contribution in [0.1, 0.15) is 190 Å². The van der Waals surface area contributed by atoms with Crippen molar-refractivity contribution in [1.29, 1.82) is 0 Å². The average Bonchev–Trinajstić information content (AvgIpc) is 3.22. The molecule has 0 amide bonds. The minimum Gasteiger partial charge on any atom is -0.507 e. The van der Waals surface area contributed by atoms with Crippen LogP contribution >= 0.6 is 0 Å². The lowest BCUT2D eigenvalue weighted by atomic mass is 9.79. The van der Waals surface area contributed by atoms with Crippen molar-refractivity contribution < 1.29 is 20.4 Å². The SMILES string of the molecule is CC(C)(C)c1cc(C=N[C@@H]2CCCC[C@H]2N=Cc2cc(Cc3ccc(O)c(C=N[C@@H]4CCCC[C@H]4N=Cc4cc(C(C)(C)C)cc(C(C)(C)C)c4O)c3)ccc2O)c(O)c(C(C)(C)C)c1. The van der Waals surface area contributed by atoms with Crippen LogP contribution in [0.5, 0.6) is 23.0 Å². The van der Waals surface area contributed by atoms with E-state index in [1.165, 1.54) is 0 Å². The molecule has 0 aliphatic heterocycles. The van der Waals surface area contributed by atoms with Crippen LogP contribution in [0.2, 0.25) is 0 Å². The quantitative estimate of drug-likeness (QED) is 0.118. The maximum Gasteiger partial charge on any atom is 0.128 e. The fraction of sp³-hybridized carbons (Fsp3) is 0.509. The molecular weight excluding hydrogens is 805 g/mol. The molecule has 4 aromatic carbocycles. The summed E-state index contributed by atoms with van der Waals surface area (Å²) < 4.78 is 0. The van der Waals surface area contributed by atoms with Gasteiger partial charge in [-0.05, 0) is 112 Å². The predicted molar refractivity (Wildman–Crippen MR) is 272 cm³/mol. The van der Waals surface area contributed by atoms with E-state index in [0.717, 1.165) is 95.9 Å². The van der Waals surface area contributed by atoms with E-state index in [0.29, 0.717) is 17.5 Å². The number of hydrogen-bond acceptors (Lipinski definition) is 8. The molecule has 2 fully saturated rings. The van der Waals surface area contributed by atoms with Crippen LogP contribution in [0.4, 0.5) is 0 Å². The van der Waals surface area contributed by atoms with Gasteiger partial charge in [-0.1, -0.05) is 133 Å². The summed E-state index contributed by atoms with van der Waals surface area (Å²) in [4.78, 5) is 20.1. The predicted octanol–water partition coefficient (Wildman–Crippen LogP) is 13.0. The Bertz CT molecular complexity index is 2260. The number of phenolic OH excluding ortho intramolecular Hbond substituents is 4. The summed E-state index contributed by atoms with van der Waals surface area (Å²) in [6.07, 6.45) is 15.8. The van der Waals surface area contributed by atoms with E-state index in [1.807, 2.05) is 36.7 Å². The van der Waals surface area contributed by atoms with E-state index in [2.05, 4.69) is 107 Å². The Morgan fingerprint density at radius 2 is 0.723 bits per heavy atom. The first-order valence-corrected chi connectivity index (χ1v) is 23.9. The summed E-state index contributed by atoms with van der Waals surface area (Å²) in [5, 5.41) is 44.6. The number of aromatic hydroxyl groups is 4. The molecule has 4 aromatic rings. The summed E-state index contributed by atoms with van der Waals surface area (Å²) in [5.74, 6) is 0.909. The van der Waals surface area contributed by atoms with Gasteiger partial charge in [-0.25, -0.2) is 0 Å². The second-order valence-corrected chi connectivity index (χ2v) is 22.8. The molecule has 4 atom stereocenters. The second-order valence-electron chi connectivity index (χ2n) is 22.8. The van der Waals surface area contributed by atoms with Crippen LogP contribution in [-0.4, -0.2) is 69.5 Å². The number of nitrogens with zero attached hydrogens (tertiary/aromatic N) is 4. The normalized spacial score (nSPS) is 20.5. The van der Waals surface area contributed by atoms with Crippen LogP contribution in [0.15, 0.2) is 80.6 Å². The smallest absolute Gasteiger partial charge is 0.128 e. The van der Waals surface area contributed by atoms with Crippen molar-refractivity contribution in [2.24, 2.45) is 20.0 Å². The molecule has 65 heavy (non-hydrogen) atoms. The lowest BCUT2D eigenvalue weighted by molar-refractivity contribution is 0.390. The first-order valence-electron chi connectivity index (χ1n) is 23.9. The molecule has 0 spiro atoms. The first-order chi connectivity index (χ1) is 30.4. The zero-order chi connectivity index (χ0) is 47.5. The van der Waals surface area contributed by atoms with Gasteiger partial charge in [0.1, 0.15) is 23.0 Å². The molecule has 348 valence electrons. The Morgan fingerprint density at radius 1 is 0.415 bits per heavy atom. The van der Waals surface area contributed by atoms with Crippen molar-refractivity contribution in [2.75, 3.05) is 0 Å². The Morgan fingerprint density at radius 3 is 1.02 bits per heavy atom. The molecule has 2 aliphatic rings. The van der Waals surface area contributed by atoms with Crippen molar-refractivity contribution in [3.63, 3.8) is 0 Å². The van der Waals surface area contributed by atoms with E-state index >= 15 is 0 Å². The lowest BCUT2D eigenvalue weighted by Crippen LogP contribution is -2.27. The van der Waals surface area contributed by atoms with E-state index in [4.69, 9.17) is 20.0 Å². The van der Waals surface area contributed by atoms with Gasteiger partial charge >= 0.3 is 0 Å². The number of hydrogen-bond donors (Lipinski definition) is 4. The minimum atomic E-state index is -0.221. The van der Waals surface area contributed by atoms with Crippen LogP contribution in [0, 0.1) is 0 Å². The van der Waals surface area contributed by atoms with E-state index in [1.54, 1.807) is 24.6 Å². The highest BCUT2D eigenvalue weighted by molar-refractivity contribution is 5.87. The molecular formula is C57H76N4O4. The van der Waals surface area contributed by atoms with Crippen molar-refractivity contribution >= 4 is 24.9 Å². The first kappa shape index (κ1) is 49.2. The Hall–Kier alpha value is -5.24. The molecule has 0 bridgehead atoms. The summed E-state index contributed by atoms with van der Waals surface area (Å²) in [7, 11) is 0. The van der Waals surface area contributed by atoms with Crippen LogP contribution in [0.3, 0.4) is 0 Å². The number of benzene rings is 4. The Balaban J connectivity index is 1.17. The average molecular weight is 881 g/mol. The highest BCUT2D eigenvalue weighted by atomic mass is 16.3. The van der Waals surface area contributed by atoms with Gasteiger partial charge in [0, 0.05) is 58.2 Å². The molecule has 2 saturated carbocycles. The Labute approximate surface area is 389 Å². The van der Waals surface area contributed by atoms with Crippen LogP contribution in [-0.2, 0) is 28.1 Å². The van der Waals surface area contributed by atoms with Gasteiger partial charge in [-0.3, -0.25) is 20.0 Å². The van der Waals surface area contributed by atoms with Gasteiger partial charge in [0.25, 0.3) is 0 Å². The van der Waals surface area contributed by atoms with E-state index in [9.17, 15) is 20.4 Å². The highest BCUT2D eigenvalue weighted by Crippen LogP contribution is 2.39. The highest BCUT2D eigenvalue weighted by Gasteiger charge is 2.29. The summed E-state index contributed by atoms with van der Waals surface area (Å²) >= 11 is 0. The molecule has 0 radical (unpaired) electrons. The molecule has 8 nitrogen and oxygen atoms in total.